The van der Waals surface area contributed by atoms with Crippen LogP contribution in [0.2, 0.25) is 5.02 Å². The molecule has 0 spiro atoms. The molecule has 6 nitrogen and oxygen atoms in total. The van der Waals surface area contributed by atoms with Gasteiger partial charge >= 0.3 is 12.1 Å². The molecule has 0 radical (unpaired) electrons. The quantitative estimate of drug-likeness (QED) is 0.781. The van der Waals surface area contributed by atoms with E-state index < -0.39 is 12.1 Å². The highest BCUT2D eigenvalue weighted by molar-refractivity contribution is 6.31. The number of likely N-dealkylation sites (tertiary alicyclic amines) is 1. The SMILES string of the molecule is Nc1cc(C(=O)N2CCC(c3ccccc3Cl)C2)ccn1.O=C(O)C(F)(F)F. The van der Waals surface area contributed by atoms with Gasteiger partial charge in [-0.15, -0.1) is 0 Å². The van der Waals surface area contributed by atoms with Crippen molar-refractivity contribution in [1.29, 1.82) is 0 Å². The van der Waals surface area contributed by atoms with E-state index in [1.165, 1.54) is 0 Å². The number of benzene rings is 1. The molecule has 2 heterocycles. The lowest BCUT2D eigenvalue weighted by Crippen LogP contribution is -2.28. The number of carbonyl (C=O) groups is 2. The fourth-order valence-electron chi connectivity index (χ4n) is 2.77. The molecular formula is C18H17ClF3N3O3. The van der Waals surface area contributed by atoms with Crippen molar-refractivity contribution in [3.63, 3.8) is 0 Å². The molecule has 1 amide bonds. The van der Waals surface area contributed by atoms with Crippen molar-refractivity contribution in [2.24, 2.45) is 0 Å². The van der Waals surface area contributed by atoms with Crippen LogP contribution in [-0.2, 0) is 4.79 Å². The van der Waals surface area contributed by atoms with E-state index in [0.717, 1.165) is 23.6 Å². The van der Waals surface area contributed by atoms with Gasteiger partial charge in [0.05, 0.1) is 0 Å². The number of carbonyl (C=O) groups excluding carboxylic acids is 1. The molecule has 1 saturated heterocycles. The number of aromatic nitrogens is 1. The summed E-state index contributed by atoms with van der Waals surface area (Å²) in [4.78, 5) is 27.1. The predicted octanol–water partition coefficient (Wildman–Crippen LogP) is 3.58. The van der Waals surface area contributed by atoms with E-state index in [-0.39, 0.29) is 5.91 Å². The average molecular weight is 416 g/mol. The Kier molecular flexibility index (Phi) is 6.85. The molecule has 0 aliphatic carbocycles. The number of nitrogen functional groups attached to an aromatic ring is 1. The first-order valence-corrected chi connectivity index (χ1v) is 8.52. The molecule has 10 heteroatoms. The number of anilines is 1. The number of hydrogen-bond donors (Lipinski definition) is 2. The van der Waals surface area contributed by atoms with Gasteiger partial charge in [-0.2, -0.15) is 13.2 Å². The second kappa shape index (κ2) is 8.92. The summed E-state index contributed by atoms with van der Waals surface area (Å²) in [5, 5.41) is 7.89. The van der Waals surface area contributed by atoms with Crippen LogP contribution in [0.15, 0.2) is 42.6 Å². The Morgan fingerprint density at radius 1 is 1.25 bits per heavy atom. The number of hydrogen-bond acceptors (Lipinski definition) is 4. The van der Waals surface area contributed by atoms with E-state index in [1.807, 2.05) is 29.2 Å². The highest BCUT2D eigenvalue weighted by atomic mass is 35.5. The summed E-state index contributed by atoms with van der Waals surface area (Å²) in [6, 6.07) is 11.1. The van der Waals surface area contributed by atoms with Gasteiger partial charge < -0.3 is 15.7 Å². The van der Waals surface area contributed by atoms with Gasteiger partial charge in [0.2, 0.25) is 0 Å². The van der Waals surface area contributed by atoms with Crippen LogP contribution in [0.4, 0.5) is 19.0 Å². The van der Waals surface area contributed by atoms with E-state index >= 15 is 0 Å². The Balaban J connectivity index is 0.000000345. The Morgan fingerprint density at radius 2 is 1.89 bits per heavy atom. The van der Waals surface area contributed by atoms with Crippen LogP contribution < -0.4 is 5.73 Å². The van der Waals surface area contributed by atoms with E-state index in [0.29, 0.717) is 23.8 Å². The molecule has 1 fully saturated rings. The molecule has 28 heavy (non-hydrogen) atoms. The molecule has 150 valence electrons. The third kappa shape index (κ3) is 5.59. The topological polar surface area (TPSA) is 96.5 Å². The predicted molar refractivity (Wildman–Crippen MR) is 97.1 cm³/mol. The number of halogens is 4. The summed E-state index contributed by atoms with van der Waals surface area (Å²) in [7, 11) is 0. The standard InChI is InChI=1S/C16H16ClN3O.C2HF3O2/c17-14-4-2-1-3-13(14)12-6-8-20(10-12)16(21)11-5-7-19-15(18)9-11;3-2(4,5)1(6)7/h1-5,7,9,12H,6,8,10H2,(H2,18,19);(H,6,7). The summed E-state index contributed by atoms with van der Waals surface area (Å²) < 4.78 is 31.7. The number of carboxylic acid groups (broad SMARTS) is 1. The van der Waals surface area contributed by atoms with E-state index in [2.05, 4.69) is 4.98 Å². The largest absolute Gasteiger partial charge is 0.490 e. The lowest BCUT2D eigenvalue weighted by Gasteiger charge is -2.17. The van der Waals surface area contributed by atoms with Gasteiger partial charge in [-0.3, -0.25) is 4.79 Å². The highest BCUT2D eigenvalue weighted by Crippen LogP contribution is 2.32. The van der Waals surface area contributed by atoms with Crippen molar-refractivity contribution in [1.82, 2.24) is 9.88 Å². The van der Waals surface area contributed by atoms with Crippen molar-refractivity contribution in [3.05, 3.63) is 58.7 Å². The zero-order valence-electron chi connectivity index (χ0n) is 14.5. The number of nitrogens with zero attached hydrogens (tertiary/aromatic N) is 2. The number of amides is 1. The van der Waals surface area contributed by atoms with Gasteiger partial charge in [0, 0.05) is 35.8 Å². The first-order chi connectivity index (χ1) is 13.1. The second-order valence-electron chi connectivity index (χ2n) is 6.03. The Hall–Kier alpha value is -2.81. The molecule has 0 bridgehead atoms. The molecular weight excluding hydrogens is 399 g/mol. The molecule has 1 aliphatic heterocycles. The lowest BCUT2D eigenvalue weighted by molar-refractivity contribution is -0.192. The minimum Gasteiger partial charge on any atom is -0.475 e. The maximum atomic E-state index is 12.5. The van der Waals surface area contributed by atoms with Crippen molar-refractivity contribution in [3.8, 4) is 0 Å². The highest BCUT2D eigenvalue weighted by Gasteiger charge is 2.38. The Labute approximate surface area is 163 Å². The molecule has 1 aromatic carbocycles. The van der Waals surface area contributed by atoms with Crippen LogP contribution in [0, 0.1) is 0 Å². The average Bonchev–Trinajstić information content (AvgIpc) is 3.11. The summed E-state index contributed by atoms with van der Waals surface area (Å²) in [5.41, 5.74) is 7.33. The van der Waals surface area contributed by atoms with Gasteiger partial charge in [0.25, 0.3) is 5.91 Å². The lowest BCUT2D eigenvalue weighted by atomic mass is 9.98. The molecule has 1 atom stereocenters. The van der Waals surface area contributed by atoms with Crippen LogP contribution in [0.3, 0.4) is 0 Å². The first kappa shape index (κ1) is 21.5. The molecule has 3 N–H and O–H groups in total. The fourth-order valence-corrected chi connectivity index (χ4v) is 3.06. The second-order valence-corrected chi connectivity index (χ2v) is 6.44. The van der Waals surface area contributed by atoms with Gasteiger partial charge in [0.15, 0.2) is 0 Å². The molecule has 1 unspecified atom stereocenters. The number of carboxylic acids is 1. The maximum Gasteiger partial charge on any atom is 0.490 e. The van der Waals surface area contributed by atoms with Gasteiger partial charge in [0.1, 0.15) is 5.82 Å². The van der Waals surface area contributed by atoms with Crippen LogP contribution in [0.25, 0.3) is 0 Å². The van der Waals surface area contributed by atoms with Crippen LogP contribution in [0.1, 0.15) is 28.3 Å². The van der Waals surface area contributed by atoms with E-state index in [1.54, 1.807) is 18.3 Å². The number of aliphatic carboxylic acids is 1. The zero-order chi connectivity index (χ0) is 20.9. The normalized spacial score (nSPS) is 16.3. The maximum absolute atomic E-state index is 12.5. The number of alkyl halides is 3. The van der Waals surface area contributed by atoms with Gasteiger partial charge in [-0.25, -0.2) is 9.78 Å². The van der Waals surface area contributed by atoms with E-state index in [9.17, 15) is 18.0 Å². The summed E-state index contributed by atoms with van der Waals surface area (Å²) in [5.74, 6) is -2.10. The molecule has 0 saturated carbocycles. The minimum absolute atomic E-state index is 0.00125. The van der Waals surface area contributed by atoms with Crippen LogP contribution in [-0.4, -0.2) is 46.1 Å². The van der Waals surface area contributed by atoms with Crippen molar-refractivity contribution in [2.45, 2.75) is 18.5 Å². The monoisotopic (exact) mass is 415 g/mol. The summed E-state index contributed by atoms with van der Waals surface area (Å²) in [6.45, 7) is 1.42. The van der Waals surface area contributed by atoms with E-state index in [4.69, 9.17) is 27.2 Å². The summed E-state index contributed by atoms with van der Waals surface area (Å²) in [6.07, 6.45) is -2.60. The molecule has 1 aliphatic rings. The zero-order valence-corrected chi connectivity index (χ0v) is 15.2. The van der Waals surface area contributed by atoms with Gasteiger partial charge in [-0.1, -0.05) is 29.8 Å². The van der Waals surface area contributed by atoms with Gasteiger partial charge in [-0.05, 0) is 30.2 Å². The Bertz CT molecular complexity index is 861. The molecule has 2 aromatic rings. The number of nitrogens with two attached hydrogens (primary N) is 1. The van der Waals surface area contributed by atoms with Crippen molar-refractivity contribution >= 4 is 29.3 Å². The van der Waals surface area contributed by atoms with Crippen LogP contribution >= 0.6 is 11.6 Å². The van der Waals surface area contributed by atoms with Crippen molar-refractivity contribution in [2.75, 3.05) is 18.8 Å². The number of rotatable bonds is 2. The molecule has 3 rings (SSSR count). The van der Waals surface area contributed by atoms with Crippen LogP contribution in [0.5, 0.6) is 0 Å². The number of pyridine rings is 1. The molecule has 1 aromatic heterocycles. The fraction of sp³-hybridized carbons (Fsp3) is 0.278. The smallest absolute Gasteiger partial charge is 0.475 e. The first-order valence-electron chi connectivity index (χ1n) is 8.15. The Morgan fingerprint density at radius 3 is 2.46 bits per heavy atom. The summed E-state index contributed by atoms with van der Waals surface area (Å²) >= 11 is 6.24. The minimum atomic E-state index is -5.08. The van der Waals surface area contributed by atoms with Crippen molar-refractivity contribution < 1.29 is 27.9 Å². The third-order valence-electron chi connectivity index (χ3n) is 4.09. The third-order valence-corrected chi connectivity index (χ3v) is 4.44.